The van der Waals surface area contributed by atoms with Gasteiger partial charge in [-0.1, -0.05) is 28.0 Å². The fourth-order valence-corrected chi connectivity index (χ4v) is 4.74. The van der Waals surface area contributed by atoms with Gasteiger partial charge >= 0.3 is 11.9 Å². The van der Waals surface area contributed by atoms with Crippen molar-refractivity contribution in [2.45, 2.75) is 57.5 Å². The molecule has 0 radical (unpaired) electrons. The van der Waals surface area contributed by atoms with E-state index in [1.54, 1.807) is 6.92 Å². The lowest BCUT2D eigenvalue weighted by molar-refractivity contribution is -0.182. The Kier molecular flexibility index (Phi) is 7.58. The Labute approximate surface area is 116 Å². The first-order chi connectivity index (χ1) is 8.58. The SMILES string of the molecule is CC(=O)OC(C)OC(=O)CCCC[C@@H]1CCSS1. The number of unbranched alkanes of at least 4 members (excludes halogenated alkanes) is 1. The second kappa shape index (κ2) is 8.69. The summed E-state index contributed by atoms with van der Waals surface area (Å²) in [7, 11) is 3.90. The highest BCUT2D eigenvalue weighted by atomic mass is 33.1. The molecule has 0 aromatic heterocycles. The van der Waals surface area contributed by atoms with Crippen LogP contribution in [0.1, 0.15) is 46.0 Å². The fraction of sp³-hybridized carbons (Fsp3) is 0.833. The molecule has 1 saturated heterocycles. The van der Waals surface area contributed by atoms with Crippen LogP contribution in [0.2, 0.25) is 0 Å². The maximum absolute atomic E-state index is 11.4. The zero-order chi connectivity index (χ0) is 13.4. The quantitative estimate of drug-likeness (QED) is 0.311. The third kappa shape index (κ3) is 7.16. The Morgan fingerprint density at radius 3 is 2.72 bits per heavy atom. The molecule has 2 atom stereocenters. The van der Waals surface area contributed by atoms with Crippen LogP contribution in [0.5, 0.6) is 0 Å². The number of ether oxygens (including phenoxy) is 2. The Balaban J connectivity index is 2.00. The van der Waals surface area contributed by atoms with E-state index in [0.29, 0.717) is 6.42 Å². The molecule has 0 bridgehead atoms. The second-order valence-electron chi connectivity index (χ2n) is 4.24. The van der Waals surface area contributed by atoms with Gasteiger partial charge in [0.25, 0.3) is 0 Å². The number of hydrogen-bond donors (Lipinski definition) is 0. The lowest BCUT2D eigenvalue weighted by Crippen LogP contribution is -2.20. The number of carbonyl (C=O) groups excluding carboxylic acids is 2. The summed E-state index contributed by atoms with van der Waals surface area (Å²) in [6.45, 7) is 2.84. The van der Waals surface area contributed by atoms with Gasteiger partial charge in [-0.3, -0.25) is 9.59 Å². The van der Waals surface area contributed by atoms with Gasteiger partial charge in [0, 0.05) is 31.3 Å². The van der Waals surface area contributed by atoms with Gasteiger partial charge in [-0.2, -0.15) is 0 Å². The maximum Gasteiger partial charge on any atom is 0.308 e. The Bertz CT molecular complexity index is 277. The monoisotopic (exact) mass is 292 g/mol. The maximum atomic E-state index is 11.4. The minimum Gasteiger partial charge on any atom is -0.426 e. The highest BCUT2D eigenvalue weighted by Crippen LogP contribution is 2.39. The smallest absolute Gasteiger partial charge is 0.308 e. The van der Waals surface area contributed by atoms with E-state index >= 15 is 0 Å². The van der Waals surface area contributed by atoms with Crippen molar-refractivity contribution in [3.63, 3.8) is 0 Å². The van der Waals surface area contributed by atoms with Gasteiger partial charge in [0.15, 0.2) is 0 Å². The van der Waals surface area contributed by atoms with E-state index in [1.165, 1.54) is 25.5 Å². The summed E-state index contributed by atoms with van der Waals surface area (Å²) in [5.41, 5.74) is 0. The molecular weight excluding hydrogens is 272 g/mol. The molecule has 0 saturated carbocycles. The molecule has 1 aliphatic heterocycles. The van der Waals surface area contributed by atoms with Crippen LogP contribution in [0.4, 0.5) is 0 Å². The Morgan fingerprint density at radius 2 is 2.11 bits per heavy atom. The van der Waals surface area contributed by atoms with Crippen molar-refractivity contribution in [1.29, 1.82) is 0 Å². The molecular formula is C12H20O4S2. The number of esters is 2. The van der Waals surface area contributed by atoms with Crippen molar-refractivity contribution in [2.24, 2.45) is 0 Å². The minimum atomic E-state index is -0.781. The van der Waals surface area contributed by atoms with E-state index in [9.17, 15) is 9.59 Å². The third-order valence-corrected chi connectivity index (χ3v) is 5.52. The van der Waals surface area contributed by atoms with Gasteiger partial charge in [0.2, 0.25) is 6.29 Å². The van der Waals surface area contributed by atoms with Crippen LogP contribution >= 0.6 is 21.6 Å². The van der Waals surface area contributed by atoms with E-state index in [2.05, 4.69) is 0 Å². The standard InChI is InChI=1S/C12H20O4S2/c1-9(13)15-10(2)16-12(14)6-4-3-5-11-7-8-17-18-11/h10-11H,3-8H2,1-2H3/t10?,11-/m1/s1. The van der Waals surface area contributed by atoms with Crippen molar-refractivity contribution in [2.75, 3.05) is 5.75 Å². The first kappa shape index (κ1) is 15.7. The predicted molar refractivity (Wildman–Crippen MR) is 74.2 cm³/mol. The second-order valence-corrected chi connectivity index (χ2v) is 7.03. The highest BCUT2D eigenvalue weighted by molar-refractivity contribution is 8.77. The molecule has 1 heterocycles. The molecule has 1 fully saturated rings. The molecule has 1 aliphatic rings. The number of carbonyl (C=O) groups is 2. The van der Waals surface area contributed by atoms with E-state index in [0.717, 1.165) is 18.1 Å². The summed E-state index contributed by atoms with van der Waals surface area (Å²) in [6.07, 6.45) is 3.96. The molecule has 18 heavy (non-hydrogen) atoms. The summed E-state index contributed by atoms with van der Waals surface area (Å²) in [6, 6.07) is 0. The van der Waals surface area contributed by atoms with Crippen LogP contribution in [-0.4, -0.2) is 29.2 Å². The lowest BCUT2D eigenvalue weighted by Gasteiger charge is -2.12. The fourth-order valence-electron chi connectivity index (χ4n) is 1.71. The molecule has 0 amide bonds. The van der Waals surface area contributed by atoms with Gasteiger partial charge in [0.05, 0.1) is 0 Å². The van der Waals surface area contributed by atoms with Crippen LogP contribution < -0.4 is 0 Å². The van der Waals surface area contributed by atoms with Gasteiger partial charge < -0.3 is 9.47 Å². The van der Waals surface area contributed by atoms with Gasteiger partial charge in [-0.05, 0) is 19.3 Å². The van der Waals surface area contributed by atoms with Gasteiger partial charge in [0.1, 0.15) is 0 Å². The summed E-state index contributed by atoms with van der Waals surface area (Å²) in [4.78, 5) is 22.0. The van der Waals surface area contributed by atoms with E-state index < -0.39 is 12.3 Å². The van der Waals surface area contributed by atoms with Crippen molar-refractivity contribution >= 4 is 33.5 Å². The number of rotatable bonds is 7. The van der Waals surface area contributed by atoms with Crippen molar-refractivity contribution in [3.8, 4) is 0 Å². The summed E-state index contributed by atoms with van der Waals surface area (Å²) >= 11 is 0. The van der Waals surface area contributed by atoms with E-state index in [1.807, 2.05) is 21.6 Å². The van der Waals surface area contributed by atoms with Crippen LogP contribution in [0.15, 0.2) is 0 Å². The summed E-state index contributed by atoms with van der Waals surface area (Å²) in [5, 5.41) is 0.756. The molecule has 0 N–H and O–H groups in total. The molecule has 0 aliphatic carbocycles. The molecule has 104 valence electrons. The Hall–Kier alpha value is -0.360. The largest absolute Gasteiger partial charge is 0.426 e. The topological polar surface area (TPSA) is 52.6 Å². The van der Waals surface area contributed by atoms with Crippen molar-refractivity contribution in [3.05, 3.63) is 0 Å². The molecule has 0 spiro atoms. The average Bonchev–Trinajstić information content (AvgIpc) is 2.75. The molecule has 4 nitrogen and oxygen atoms in total. The highest BCUT2D eigenvalue weighted by Gasteiger charge is 2.16. The molecule has 0 aromatic rings. The van der Waals surface area contributed by atoms with E-state index in [-0.39, 0.29) is 5.97 Å². The third-order valence-electron chi connectivity index (χ3n) is 2.51. The molecule has 1 rings (SSSR count). The molecule has 6 heteroatoms. The first-order valence-electron chi connectivity index (χ1n) is 6.23. The molecule has 0 aromatic carbocycles. The zero-order valence-corrected chi connectivity index (χ0v) is 12.5. The van der Waals surface area contributed by atoms with Crippen molar-refractivity contribution < 1.29 is 19.1 Å². The zero-order valence-electron chi connectivity index (χ0n) is 10.8. The van der Waals surface area contributed by atoms with Crippen LogP contribution in [0.25, 0.3) is 0 Å². The molecule has 1 unspecified atom stereocenters. The summed E-state index contributed by atoms with van der Waals surface area (Å²) in [5.74, 6) is 0.514. The van der Waals surface area contributed by atoms with Gasteiger partial charge in [-0.25, -0.2) is 0 Å². The van der Waals surface area contributed by atoms with Crippen molar-refractivity contribution in [1.82, 2.24) is 0 Å². The normalized spacial score (nSPS) is 20.4. The minimum absolute atomic E-state index is 0.294. The van der Waals surface area contributed by atoms with Crippen LogP contribution in [0.3, 0.4) is 0 Å². The summed E-state index contributed by atoms with van der Waals surface area (Å²) < 4.78 is 9.66. The number of hydrogen-bond acceptors (Lipinski definition) is 6. The lowest BCUT2D eigenvalue weighted by atomic mass is 10.1. The predicted octanol–water partition coefficient (Wildman–Crippen LogP) is 3.15. The average molecular weight is 292 g/mol. The van der Waals surface area contributed by atoms with Gasteiger partial charge in [-0.15, -0.1) is 0 Å². The first-order valence-corrected chi connectivity index (χ1v) is 8.61. The van der Waals surface area contributed by atoms with Crippen LogP contribution in [-0.2, 0) is 19.1 Å². The Morgan fingerprint density at radius 1 is 1.33 bits per heavy atom. The van der Waals surface area contributed by atoms with Crippen LogP contribution in [0, 0.1) is 0 Å². The van der Waals surface area contributed by atoms with E-state index in [4.69, 9.17) is 9.47 Å².